The summed E-state index contributed by atoms with van der Waals surface area (Å²) in [4.78, 5) is 25.5. The summed E-state index contributed by atoms with van der Waals surface area (Å²) in [7, 11) is 0. The van der Waals surface area contributed by atoms with Gasteiger partial charge in [0.1, 0.15) is 11.5 Å². The van der Waals surface area contributed by atoms with Crippen LogP contribution in [0.4, 0.5) is 13.2 Å². The number of nitrogens with zero attached hydrogens (tertiary/aromatic N) is 7. The average molecular weight is 730 g/mol. The van der Waals surface area contributed by atoms with Gasteiger partial charge in [0, 0.05) is 41.4 Å². The van der Waals surface area contributed by atoms with Crippen molar-refractivity contribution in [3.63, 3.8) is 0 Å². The summed E-state index contributed by atoms with van der Waals surface area (Å²) >= 11 is 0. The molecule has 0 aromatic heterocycles. The summed E-state index contributed by atoms with van der Waals surface area (Å²) in [6, 6.07) is 26.2. The van der Waals surface area contributed by atoms with Crippen molar-refractivity contribution in [3.05, 3.63) is 151 Å². The van der Waals surface area contributed by atoms with E-state index in [1.54, 1.807) is 72.8 Å². The van der Waals surface area contributed by atoms with Gasteiger partial charge in [0.25, 0.3) is 5.91 Å². The van der Waals surface area contributed by atoms with Gasteiger partial charge in [-0.2, -0.15) is 0 Å². The number of alkyl halides is 3. The van der Waals surface area contributed by atoms with Crippen molar-refractivity contribution < 1.29 is 37.3 Å². The fourth-order valence-electron chi connectivity index (χ4n) is 5.73. The lowest BCUT2D eigenvalue weighted by Gasteiger charge is -2.32. The van der Waals surface area contributed by atoms with Gasteiger partial charge in [0.15, 0.2) is 11.6 Å². The first-order valence-corrected chi connectivity index (χ1v) is 16.3. The third-order valence-electron chi connectivity index (χ3n) is 8.21. The Morgan fingerprint density at radius 2 is 1.51 bits per heavy atom. The summed E-state index contributed by atoms with van der Waals surface area (Å²) < 4.78 is 54.2. The van der Waals surface area contributed by atoms with Crippen molar-refractivity contribution in [3.8, 4) is 11.5 Å². The van der Waals surface area contributed by atoms with E-state index in [2.05, 4.69) is 35.6 Å². The van der Waals surface area contributed by atoms with Crippen molar-refractivity contribution in [1.82, 2.24) is 10.9 Å². The number of amides is 1. The summed E-state index contributed by atoms with van der Waals surface area (Å²) in [5.41, 5.74) is 25.6. The summed E-state index contributed by atoms with van der Waals surface area (Å²) in [5.74, 6) is -0.315. The maximum Gasteiger partial charge on any atom is 0.573 e. The van der Waals surface area contributed by atoms with E-state index in [-0.39, 0.29) is 44.3 Å². The molecule has 4 aromatic carbocycles. The third kappa shape index (κ3) is 9.96. The van der Waals surface area contributed by atoms with Crippen LogP contribution >= 0.6 is 0 Å². The number of benzene rings is 4. The highest BCUT2D eigenvalue weighted by Gasteiger charge is 2.54. The molecule has 0 radical (unpaired) electrons. The molecule has 53 heavy (non-hydrogen) atoms. The van der Waals surface area contributed by atoms with E-state index in [0.29, 0.717) is 52.2 Å². The lowest BCUT2D eigenvalue weighted by molar-refractivity contribution is -0.274. The number of carbonyl (C=O) groups is 1. The molecule has 17 heteroatoms. The summed E-state index contributed by atoms with van der Waals surface area (Å²) in [6.45, 7) is 0.284. The predicted molar refractivity (Wildman–Crippen MR) is 187 cm³/mol. The van der Waals surface area contributed by atoms with E-state index in [1.165, 1.54) is 12.1 Å². The fourth-order valence-corrected chi connectivity index (χ4v) is 5.73. The quantitative estimate of drug-likeness (QED) is 0.0335. The molecule has 0 aliphatic carbocycles. The molecule has 4 aromatic rings. The zero-order chi connectivity index (χ0) is 37.7. The number of nitrogens with one attached hydrogen (secondary N) is 2. The number of hydrogen-bond donors (Lipinski definition) is 3. The molecule has 274 valence electrons. The fraction of sp³-hybridized carbons (Fsp3) is 0.278. The second-order valence-corrected chi connectivity index (χ2v) is 11.7. The second-order valence-electron chi connectivity index (χ2n) is 11.7. The van der Waals surface area contributed by atoms with Crippen LogP contribution in [0.3, 0.4) is 0 Å². The molecular formula is C36H34F3N9O5. The normalized spacial score (nSPS) is 16.4. The number of hydrazine groups is 1. The first kappa shape index (κ1) is 38.0. The van der Waals surface area contributed by atoms with Crippen LogP contribution in [-0.4, -0.2) is 42.0 Å². The van der Waals surface area contributed by atoms with Gasteiger partial charge >= 0.3 is 6.36 Å². The summed E-state index contributed by atoms with van der Waals surface area (Å²) in [5, 5.41) is 16.6. The van der Waals surface area contributed by atoms with E-state index >= 15 is 0 Å². The zero-order valence-electron chi connectivity index (χ0n) is 28.1. The Morgan fingerprint density at radius 3 is 2.17 bits per heavy atom. The van der Waals surface area contributed by atoms with Crippen molar-refractivity contribution in [2.45, 2.75) is 50.5 Å². The van der Waals surface area contributed by atoms with Crippen LogP contribution in [0.1, 0.15) is 45.9 Å². The SMILES string of the molecule is [N-]=[N+]=NCc1ccccc1C[C@]1(C(=O)NNCc2ccc(OC(F)(F)F)cc2)N=C(c2ccc(OCCCO)cc2)O[C@H]1c1ccccc1CN=[N+]=[N-]. The van der Waals surface area contributed by atoms with Crippen LogP contribution in [0, 0.1) is 0 Å². The van der Waals surface area contributed by atoms with Crippen LogP contribution in [0.15, 0.2) is 112 Å². The van der Waals surface area contributed by atoms with Gasteiger partial charge in [0.2, 0.25) is 5.90 Å². The summed E-state index contributed by atoms with van der Waals surface area (Å²) in [6.07, 6.45) is -5.49. The number of halogens is 3. The molecule has 1 aliphatic rings. The number of hydrogen-bond acceptors (Lipinski definition) is 9. The molecule has 0 unspecified atom stereocenters. The Morgan fingerprint density at radius 1 is 0.887 bits per heavy atom. The van der Waals surface area contributed by atoms with Crippen LogP contribution in [0.2, 0.25) is 0 Å². The van der Waals surface area contributed by atoms with E-state index in [0.717, 1.165) is 12.1 Å². The highest BCUT2D eigenvalue weighted by atomic mass is 19.4. The largest absolute Gasteiger partial charge is 0.573 e. The van der Waals surface area contributed by atoms with Crippen molar-refractivity contribution in [2.24, 2.45) is 15.2 Å². The van der Waals surface area contributed by atoms with Gasteiger partial charge in [-0.1, -0.05) is 70.9 Å². The van der Waals surface area contributed by atoms with Gasteiger partial charge in [-0.15, -0.1) is 13.2 Å². The van der Waals surface area contributed by atoms with Crippen LogP contribution in [0.25, 0.3) is 20.9 Å². The maximum atomic E-state index is 14.7. The molecule has 3 N–H and O–H groups in total. The molecule has 0 spiro atoms. The minimum Gasteiger partial charge on any atom is -0.494 e. The number of azide groups is 2. The molecule has 5 rings (SSSR count). The Hall–Kier alpha value is -6.25. The van der Waals surface area contributed by atoms with Gasteiger partial charge in [0.05, 0.1) is 19.7 Å². The Bertz CT molecular complexity index is 2000. The topological polar surface area (TPSA) is 199 Å². The molecule has 0 saturated carbocycles. The van der Waals surface area contributed by atoms with Crippen molar-refractivity contribution in [2.75, 3.05) is 13.2 Å². The monoisotopic (exact) mass is 729 g/mol. The first-order valence-electron chi connectivity index (χ1n) is 16.3. The lowest BCUT2D eigenvalue weighted by Crippen LogP contribution is -2.54. The lowest BCUT2D eigenvalue weighted by atomic mass is 9.80. The minimum atomic E-state index is -4.84. The Balaban J connectivity index is 1.56. The molecule has 1 heterocycles. The van der Waals surface area contributed by atoms with E-state index in [4.69, 9.17) is 30.6 Å². The van der Waals surface area contributed by atoms with Gasteiger partial charge in [-0.25, -0.2) is 10.4 Å². The highest BCUT2D eigenvalue weighted by molar-refractivity contribution is 6.01. The molecule has 14 nitrogen and oxygen atoms in total. The zero-order valence-corrected chi connectivity index (χ0v) is 28.1. The first-order chi connectivity index (χ1) is 25.7. The standard InChI is InChI=1S/C36H34F3N9O5/c37-36(38,39)53-30-14-10-24(11-15-30)21-42-46-34(50)35(20-26-6-1-2-7-27(26)22-43-47-40)32(31-9-4-3-8-28(31)23-44-48-41)52-33(45-35)25-12-16-29(17-13-25)51-19-5-18-49/h1-4,6-17,32,42,49H,5,18-23H2,(H,46,50)/t32-,35-/m0/s1. The molecule has 0 saturated heterocycles. The van der Waals surface area contributed by atoms with E-state index < -0.39 is 23.9 Å². The minimum absolute atomic E-state index is 0.00395. The number of aliphatic hydroxyl groups is 1. The molecule has 1 aliphatic heterocycles. The Labute approximate surface area is 301 Å². The number of rotatable bonds is 17. The molecular weight excluding hydrogens is 695 g/mol. The van der Waals surface area contributed by atoms with Crippen LogP contribution in [-0.2, 0) is 35.6 Å². The van der Waals surface area contributed by atoms with Gasteiger partial charge in [-0.05, 0) is 75.3 Å². The van der Waals surface area contributed by atoms with Crippen LogP contribution in [0.5, 0.6) is 11.5 Å². The molecule has 1 amide bonds. The predicted octanol–water partition coefficient (Wildman–Crippen LogP) is 7.29. The third-order valence-corrected chi connectivity index (χ3v) is 8.21. The van der Waals surface area contributed by atoms with Crippen LogP contribution < -0.4 is 20.3 Å². The average Bonchev–Trinajstić information content (AvgIpc) is 3.54. The highest BCUT2D eigenvalue weighted by Crippen LogP contribution is 2.44. The van der Waals surface area contributed by atoms with E-state index in [1.807, 2.05) is 0 Å². The van der Waals surface area contributed by atoms with Gasteiger partial charge in [-0.3, -0.25) is 10.2 Å². The number of ether oxygens (including phenoxy) is 3. The smallest absolute Gasteiger partial charge is 0.494 e. The number of aliphatic hydroxyl groups excluding tert-OH is 1. The second kappa shape index (κ2) is 17.8. The van der Waals surface area contributed by atoms with Crippen molar-refractivity contribution in [1.29, 1.82) is 0 Å². The molecule has 0 bridgehead atoms. The van der Waals surface area contributed by atoms with E-state index in [9.17, 15) is 18.0 Å². The maximum absolute atomic E-state index is 14.7. The number of carbonyl (C=O) groups excluding carboxylic acids is 1. The molecule has 0 fully saturated rings. The van der Waals surface area contributed by atoms with Crippen molar-refractivity contribution >= 4 is 11.8 Å². The molecule has 2 atom stereocenters. The number of aliphatic imine (C=N–C) groups is 1. The van der Waals surface area contributed by atoms with Gasteiger partial charge < -0.3 is 19.3 Å². The Kier molecular flexibility index (Phi) is 12.8.